The van der Waals surface area contributed by atoms with Crippen LogP contribution in [0.4, 0.5) is 0 Å². The van der Waals surface area contributed by atoms with Crippen molar-refractivity contribution in [1.29, 1.82) is 0 Å². The van der Waals surface area contributed by atoms with E-state index in [0.717, 1.165) is 0 Å². The highest BCUT2D eigenvalue weighted by atomic mass is 16.5. The largest absolute Gasteiger partial charge is 0.475 e. The van der Waals surface area contributed by atoms with Gasteiger partial charge in [0.15, 0.2) is 0 Å². The van der Waals surface area contributed by atoms with Gasteiger partial charge in [0.2, 0.25) is 5.88 Å². The zero-order valence-electron chi connectivity index (χ0n) is 11.5. The second-order valence-electron chi connectivity index (χ2n) is 4.94. The fourth-order valence-electron chi connectivity index (χ4n) is 1.32. The van der Waals surface area contributed by atoms with E-state index >= 15 is 0 Å². The number of aromatic nitrogens is 2. The molecule has 0 unspecified atom stereocenters. The molecule has 0 aliphatic carbocycles. The van der Waals surface area contributed by atoms with Crippen molar-refractivity contribution in [2.75, 3.05) is 19.8 Å². The molecule has 0 aliphatic rings. The van der Waals surface area contributed by atoms with E-state index < -0.39 is 0 Å². The molecule has 1 rings (SSSR count). The molecule has 1 heterocycles. The Bertz CT molecular complexity index is 413. The van der Waals surface area contributed by atoms with Crippen LogP contribution in [-0.2, 0) is 4.74 Å². The van der Waals surface area contributed by atoms with Crippen molar-refractivity contribution in [3.63, 3.8) is 0 Å². The van der Waals surface area contributed by atoms with Crippen LogP contribution in [0, 0.1) is 5.92 Å². The minimum atomic E-state index is -0.188. The van der Waals surface area contributed by atoms with E-state index in [-0.39, 0.29) is 11.5 Å². The molecule has 1 aromatic heterocycles. The van der Waals surface area contributed by atoms with Gasteiger partial charge in [0.25, 0.3) is 5.56 Å². The maximum Gasteiger partial charge on any atom is 0.254 e. The Morgan fingerprint density at radius 1 is 1.28 bits per heavy atom. The minimum Gasteiger partial charge on any atom is -0.475 e. The normalized spacial score (nSPS) is 11.2. The van der Waals surface area contributed by atoms with E-state index in [0.29, 0.717) is 37.4 Å². The van der Waals surface area contributed by atoms with Crippen molar-refractivity contribution in [1.82, 2.24) is 9.97 Å². The number of hydrogen-bond acceptors (Lipinski definition) is 4. The second-order valence-corrected chi connectivity index (χ2v) is 4.94. The Balaban J connectivity index is 2.45. The van der Waals surface area contributed by atoms with E-state index in [1.54, 1.807) is 0 Å². The Morgan fingerprint density at radius 3 is 2.61 bits per heavy atom. The zero-order valence-corrected chi connectivity index (χ0v) is 11.5. The third kappa shape index (κ3) is 5.31. The molecule has 0 saturated heterocycles. The third-order valence-electron chi connectivity index (χ3n) is 2.21. The van der Waals surface area contributed by atoms with Gasteiger partial charge in [0.05, 0.1) is 12.7 Å². The molecule has 0 aliphatic heterocycles. The fraction of sp³-hybridized carbons (Fsp3) is 0.692. The first kappa shape index (κ1) is 14.7. The molecule has 5 heteroatoms. The highest BCUT2D eigenvalue weighted by Gasteiger charge is 2.05. The molecule has 0 amide bonds. The van der Waals surface area contributed by atoms with Gasteiger partial charge < -0.3 is 14.5 Å². The van der Waals surface area contributed by atoms with Gasteiger partial charge in [-0.05, 0) is 5.92 Å². The smallest absolute Gasteiger partial charge is 0.254 e. The molecule has 1 N–H and O–H groups in total. The average molecular weight is 254 g/mol. The molecule has 0 bridgehead atoms. The Hall–Kier alpha value is -1.36. The summed E-state index contributed by atoms with van der Waals surface area (Å²) in [4.78, 5) is 18.3. The summed E-state index contributed by atoms with van der Waals surface area (Å²) in [6.07, 6.45) is 0. The van der Waals surface area contributed by atoms with Crippen LogP contribution < -0.4 is 10.3 Å². The standard InChI is InChI=1S/C13H22N2O3/c1-9(2)8-17-5-6-18-12-7-11(16)14-13(15-12)10(3)4/h7,9-10H,5-6,8H2,1-4H3,(H,14,15,16). The number of aromatic amines is 1. The zero-order chi connectivity index (χ0) is 13.5. The molecule has 102 valence electrons. The molecule has 0 atom stereocenters. The van der Waals surface area contributed by atoms with Crippen LogP contribution in [0.15, 0.2) is 10.9 Å². The number of ether oxygens (including phenoxy) is 2. The number of nitrogens with zero attached hydrogens (tertiary/aromatic N) is 1. The highest BCUT2D eigenvalue weighted by Crippen LogP contribution is 2.10. The van der Waals surface area contributed by atoms with Crippen molar-refractivity contribution in [2.45, 2.75) is 33.6 Å². The number of H-pyrrole nitrogens is 1. The first-order valence-corrected chi connectivity index (χ1v) is 6.31. The molecular formula is C13H22N2O3. The van der Waals surface area contributed by atoms with Crippen LogP contribution in [0.1, 0.15) is 39.4 Å². The lowest BCUT2D eigenvalue weighted by atomic mass is 10.2. The number of nitrogens with one attached hydrogen (secondary N) is 1. The molecule has 0 spiro atoms. The maximum atomic E-state index is 11.4. The lowest BCUT2D eigenvalue weighted by molar-refractivity contribution is 0.0804. The predicted octanol–water partition coefficient (Wildman–Crippen LogP) is 1.94. The molecule has 0 fully saturated rings. The quantitative estimate of drug-likeness (QED) is 0.755. The van der Waals surface area contributed by atoms with E-state index in [9.17, 15) is 4.79 Å². The monoisotopic (exact) mass is 254 g/mol. The molecule has 0 aromatic carbocycles. The van der Waals surface area contributed by atoms with Crippen LogP contribution >= 0.6 is 0 Å². The lowest BCUT2D eigenvalue weighted by Gasteiger charge is -2.09. The first-order valence-electron chi connectivity index (χ1n) is 6.31. The van der Waals surface area contributed by atoms with Gasteiger partial charge in [0, 0.05) is 12.5 Å². The van der Waals surface area contributed by atoms with Crippen LogP contribution in [0.2, 0.25) is 0 Å². The van der Waals surface area contributed by atoms with Crippen molar-refractivity contribution < 1.29 is 9.47 Å². The van der Waals surface area contributed by atoms with Crippen molar-refractivity contribution in [3.8, 4) is 5.88 Å². The summed E-state index contributed by atoms with van der Waals surface area (Å²) >= 11 is 0. The van der Waals surface area contributed by atoms with Crippen molar-refractivity contribution in [3.05, 3.63) is 22.2 Å². The van der Waals surface area contributed by atoms with Crippen molar-refractivity contribution in [2.24, 2.45) is 5.92 Å². The van der Waals surface area contributed by atoms with Gasteiger partial charge in [-0.15, -0.1) is 0 Å². The molecular weight excluding hydrogens is 232 g/mol. The summed E-state index contributed by atoms with van der Waals surface area (Å²) in [5.74, 6) is 1.67. The summed E-state index contributed by atoms with van der Waals surface area (Å²) in [6, 6.07) is 1.36. The maximum absolute atomic E-state index is 11.4. The average Bonchev–Trinajstić information content (AvgIpc) is 2.27. The summed E-state index contributed by atoms with van der Waals surface area (Å²) in [6.45, 7) is 9.73. The summed E-state index contributed by atoms with van der Waals surface area (Å²) in [5.41, 5.74) is -0.188. The Kier molecular flexibility index (Phi) is 5.85. The number of rotatable bonds is 7. The molecule has 18 heavy (non-hydrogen) atoms. The van der Waals surface area contributed by atoms with Gasteiger partial charge in [0.1, 0.15) is 12.4 Å². The summed E-state index contributed by atoms with van der Waals surface area (Å²) in [7, 11) is 0. The number of hydrogen-bond donors (Lipinski definition) is 1. The predicted molar refractivity (Wildman–Crippen MR) is 70.1 cm³/mol. The van der Waals surface area contributed by atoms with Gasteiger partial charge in [-0.1, -0.05) is 27.7 Å². The van der Waals surface area contributed by atoms with Gasteiger partial charge in [-0.2, -0.15) is 4.98 Å². The topological polar surface area (TPSA) is 64.2 Å². The SMILES string of the molecule is CC(C)COCCOc1cc(=O)[nH]c(C(C)C)n1. The van der Waals surface area contributed by atoms with Crippen molar-refractivity contribution >= 4 is 0 Å². The van der Waals surface area contributed by atoms with Gasteiger partial charge in [-0.25, -0.2) is 0 Å². The Morgan fingerprint density at radius 2 is 2.00 bits per heavy atom. The Labute approximate surface area is 108 Å². The van der Waals surface area contributed by atoms with Crippen LogP contribution in [0.3, 0.4) is 0 Å². The fourth-order valence-corrected chi connectivity index (χ4v) is 1.32. The third-order valence-corrected chi connectivity index (χ3v) is 2.21. The van der Waals surface area contributed by atoms with E-state index in [1.807, 2.05) is 13.8 Å². The van der Waals surface area contributed by atoms with E-state index in [2.05, 4.69) is 23.8 Å². The summed E-state index contributed by atoms with van der Waals surface area (Å²) in [5, 5.41) is 0. The van der Waals surface area contributed by atoms with Gasteiger partial charge in [-0.3, -0.25) is 4.79 Å². The molecule has 5 nitrogen and oxygen atoms in total. The minimum absolute atomic E-state index is 0.165. The molecule has 0 saturated carbocycles. The lowest BCUT2D eigenvalue weighted by Crippen LogP contribution is -2.15. The first-order chi connectivity index (χ1) is 8.49. The van der Waals surface area contributed by atoms with E-state index in [1.165, 1.54) is 6.07 Å². The van der Waals surface area contributed by atoms with Crippen LogP contribution in [-0.4, -0.2) is 29.8 Å². The van der Waals surface area contributed by atoms with Crippen LogP contribution in [0.5, 0.6) is 5.88 Å². The molecule has 1 aromatic rings. The van der Waals surface area contributed by atoms with Gasteiger partial charge >= 0.3 is 0 Å². The van der Waals surface area contributed by atoms with E-state index in [4.69, 9.17) is 9.47 Å². The molecule has 0 radical (unpaired) electrons. The second kappa shape index (κ2) is 7.16. The highest BCUT2D eigenvalue weighted by molar-refractivity contribution is 5.10. The summed E-state index contributed by atoms with van der Waals surface area (Å²) < 4.78 is 10.8. The van der Waals surface area contributed by atoms with Crippen LogP contribution in [0.25, 0.3) is 0 Å².